The summed E-state index contributed by atoms with van der Waals surface area (Å²) >= 11 is 0. The maximum absolute atomic E-state index is 13.1. The zero-order chi connectivity index (χ0) is 47.5. The first-order valence-electron chi connectivity index (χ1n) is 26.8. The predicted octanol–water partition coefficient (Wildman–Crippen LogP) is 7.39. The van der Waals surface area contributed by atoms with E-state index in [2.05, 4.69) is 19.2 Å². The molecule has 0 radical (unpaired) electrons. The van der Waals surface area contributed by atoms with Crippen LogP contribution in [0.15, 0.2) is 0 Å². The van der Waals surface area contributed by atoms with Gasteiger partial charge in [0, 0.05) is 6.42 Å². The molecule has 386 valence electrons. The van der Waals surface area contributed by atoms with Crippen LogP contribution in [0.25, 0.3) is 0 Å². The highest BCUT2D eigenvalue weighted by atomic mass is 16.7. The van der Waals surface area contributed by atoms with E-state index in [9.17, 15) is 45.6 Å². The molecular weight excluding hydrogens is 835 g/mol. The molecule has 14 heteroatoms. The van der Waals surface area contributed by atoms with E-state index >= 15 is 0 Å². The smallest absolute Gasteiger partial charge is 0.220 e. The second kappa shape index (κ2) is 38.8. The highest BCUT2D eigenvalue weighted by molar-refractivity contribution is 5.76. The molecule has 9 N–H and O–H groups in total. The number of aliphatic hydroxyl groups is 8. The van der Waals surface area contributed by atoms with Gasteiger partial charge in [-0.05, 0) is 12.8 Å². The highest BCUT2D eigenvalue weighted by Crippen LogP contribution is 2.30. The van der Waals surface area contributed by atoms with E-state index in [0.29, 0.717) is 12.8 Å². The number of ether oxygens (including phenoxy) is 4. The van der Waals surface area contributed by atoms with Crippen LogP contribution in [-0.4, -0.2) is 140 Å². The van der Waals surface area contributed by atoms with Gasteiger partial charge in [0.15, 0.2) is 12.6 Å². The van der Waals surface area contributed by atoms with Crippen LogP contribution < -0.4 is 5.32 Å². The van der Waals surface area contributed by atoms with E-state index < -0.39 is 86.8 Å². The zero-order valence-corrected chi connectivity index (χ0v) is 41.0. The molecule has 0 aromatic carbocycles. The molecule has 2 rings (SSSR count). The Morgan fingerprint density at radius 1 is 0.492 bits per heavy atom. The maximum atomic E-state index is 13.1. The van der Waals surface area contributed by atoms with Gasteiger partial charge in [0.05, 0.1) is 32.0 Å². The number of amides is 1. The summed E-state index contributed by atoms with van der Waals surface area (Å²) in [6, 6.07) is -0.819. The molecule has 65 heavy (non-hydrogen) atoms. The fourth-order valence-electron chi connectivity index (χ4n) is 9.18. The third-order valence-corrected chi connectivity index (χ3v) is 13.6. The molecule has 1 amide bonds. The van der Waals surface area contributed by atoms with Gasteiger partial charge in [-0.3, -0.25) is 4.79 Å². The molecule has 2 saturated heterocycles. The van der Waals surface area contributed by atoms with Gasteiger partial charge < -0.3 is 65.1 Å². The largest absolute Gasteiger partial charge is 0.394 e. The average molecular weight is 934 g/mol. The first kappa shape index (κ1) is 60.1. The summed E-state index contributed by atoms with van der Waals surface area (Å²) < 4.78 is 22.7. The van der Waals surface area contributed by atoms with Crippen molar-refractivity contribution < 1.29 is 64.6 Å². The predicted molar refractivity (Wildman–Crippen MR) is 254 cm³/mol. The Bertz CT molecular complexity index is 1100. The molecule has 0 bridgehead atoms. The van der Waals surface area contributed by atoms with Crippen molar-refractivity contribution in [3.8, 4) is 0 Å². The SMILES string of the molecule is CCCCCCCCCCCCCCCCCCCCCCCCCCCC(=O)NC(COC1OC(CO)C(OC2OC(CO)C(O)C(O)C2O)C(O)C1O)C(O)CCCCCCCC. The maximum Gasteiger partial charge on any atom is 0.220 e. The molecule has 0 aromatic heterocycles. The molecule has 2 aliphatic rings. The van der Waals surface area contributed by atoms with Gasteiger partial charge in [-0.15, -0.1) is 0 Å². The van der Waals surface area contributed by atoms with Crippen LogP contribution >= 0.6 is 0 Å². The minimum atomic E-state index is -1.78. The lowest BCUT2D eigenvalue weighted by molar-refractivity contribution is -0.359. The third kappa shape index (κ3) is 26.0. The second-order valence-corrected chi connectivity index (χ2v) is 19.4. The van der Waals surface area contributed by atoms with Gasteiger partial charge in [-0.2, -0.15) is 0 Å². The summed E-state index contributed by atoms with van der Waals surface area (Å²) in [6.45, 7) is 2.80. The highest BCUT2D eigenvalue weighted by Gasteiger charge is 2.51. The topological polar surface area (TPSA) is 228 Å². The van der Waals surface area contributed by atoms with E-state index in [1.165, 1.54) is 135 Å². The van der Waals surface area contributed by atoms with Gasteiger partial charge in [-0.1, -0.05) is 206 Å². The van der Waals surface area contributed by atoms with Crippen molar-refractivity contribution in [3.63, 3.8) is 0 Å². The molecule has 12 unspecified atom stereocenters. The lowest BCUT2D eigenvalue weighted by atomic mass is 9.97. The average Bonchev–Trinajstić information content (AvgIpc) is 3.30. The van der Waals surface area contributed by atoms with Crippen LogP contribution in [0.5, 0.6) is 0 Å². The normalized spacial score (nSPS) is 26.9. The summed E-state index contributed by atoms with van der Waals surface area (Å²) in [4.78, 5) is 13.1. The standard InChI is InChI=1S/C51H99NO13/c1-3-5-7-9-11-12-13-14-15-16-17-18-19-20-21-22-23-24-25-26-27-28-29-31-33-35-43(56)52-39(40(55)34-32-30-10-8-6-4-2)38-62-50-48(61)46(59)49(42(37-54)64-50)65-51-47(60)45(58)44(57)41(36-53)63-51/h39-42,44-51,53-55,57-61H,3-38H2,1-2H3,(H,52,56). The van der Waals surface area contributed by atoms with Crippen LogP contribution in [0.1, 0.15) is 226 Å². The lowest BCUT2D eigenvalue weighted by Gasteiger charge is -2.46. The number of rotatable bonds is 42. The Morgan fingerprint density at radius 2 is 0.877 bits per heavy atom. The minimum absolute atomic E-state index is 0.207. The molecule has 14 nitrogen and oxygen atoms in total. The van der Waals surface area contributed by atoms with Gasteiger partial charge in [0.1, 0.15) is 48.8 Å². The Labute approximate surface area is 393 Å². The van der Waals surface area contributed by atoms with E-state index in [-0.39, 0.29) is 12.5 Å². The van der Waals surface area contributed by atoms with Gasteiger partial charge in [-0.25, -0.2) is 0 Å². The Hall–Kier alpha value is -1.01. The van der Waals surface area contributed by atoms with Crippen LogP contribution in [0.3, 0.4) is 0 Å². The molecule has 12 atom stereocenters. The number of hydrogen-bond donors (Lipinski definition) is 9. The molecular formula is C51H99NO13. The molecule has 0 aliphatic carbocycles. The minimum Gasteiger partial charge on any atom is -0.394 e. The van der Waals surface area contributed by atoms with Gasteiger partial charge in [0.2, 0.25) is 5.91 Å². The van der Waals surface area contributed by atoms with Crippen LogP contribution in [0, 0.1) is 0 Å². The summed E-state index contributed by atoms with van der Waals surface area (Å²) in [5.74, 6) is -0.207. The van der Waals surface area contributed by atoms with Gasteiger partial charge >= 0.3 is 0 Å². The Balaban J connectivity index is 1.64. The summed E-state index contributed by atoms with van der Waals surface area (Å²) in [5.41, 5.74) is 0. The quantitative estimate of drug-likeness (QED) is 0.0273. The molecule has 0 saturated carbocycles. The monoisotopic (exact) mass is 934 g/mol. The molecule has 2 aliphatic heterocycles. The first-order valence-corrected chi connectivity index (χ1v) is 26.8. The van der Waals surface area contributed by atoms with E-state index in [0.717, 1.165) is 64.2 Å². The van der Waals surface area contributed by atoms with E-state index in [1.807, 2.05) is 0 Å². The van der Waals surface area contributed by atoms with E-state index in [4.69, 9.17) is 18.9 Å². The number of unbranched alkanes of at least 4 members (excludes halogenated alkanes) is 29. The van der Waals surface area contributed by atoms with Gasteiger partial charge in [0.25, 0.3) is 0 Å². The van der Waals surface area contributed by atoms with Crippen LogP contribution in [0.2, 0.25) is 0 Å². The third-order valence-electron chi connectivity index (χ3n) is 13.6. The van der Waals surface area contributed by atoms with Crippen molar-refractivity contribution in [2.45, 2.75) is 299 Å². The molecule has 0 spiro atoms. The number of nitrogens with one attached hydrogen (secondary N) is 1. The fraction of sp³-hybridized carbons (Fsp3) is 0.980. The van der Waals surface area contributed by atoms with Crippen molar-refractivity contribution in [2.24, 2.45) is 0 Å². The summed E-state index contributed by atoms with van der Waals surface area (Å²) in [5, 5.41) is 86.5. The lowest BCUT2D eigenvalue weighted by Crippen LogP contribution is -2.65. The fourth-order valence-corrected chi connectivity index (χ4v) is 9.18. The van der Waals surface area contributed by atoms with Crippen molar-refractivity contribution in [1.82, 2.24) is 5.32 Å². The molecule has 0 aromatic rings. The number of aliphatic hydroxyl groups excluding tert-OH is 8. The number of carbonyl (C=O) groups is 1. The van der Waals surface area contributed by atoms with Crippen molar-refractivity contribution in [3.05, 3.63) is 0 Å². The Morgan fingerprint density at radius 3 is 1.31 bits per heavy atom. The first-order chi connectivity index (χ1) is 31.6. The summed E-state index contributed by atoms with van der Waals surface area (Å²) in [7, 11) is 0. The Kier molecular flexibility index (Phi) is 35.9. The molecule has 2 fully saturated rings. The van der Waals surface area contributed by atoms with Crippen LogP contribution in [0.4, 0.5) is 0 Å². The second-order valence-electron chi connectivity index (χ2n) is 19.4. The molecule has 2 heterocycles. The van der Waals surface area contributed by atoms with E-state index in [1.54, 1.807) is 0 Å². The van der Waals surface area contributed by atoms with Crippen molar-refractivity contribution in [2.75, 3.05) is 19.8 Å². The summed E-state index contributed by atoms with van der Waals surface area (Å²) in [6.07, 6.45) is 23.1. The number of carbonyl (C=O) groups excluding carboxylic acids is 1. The number of hydrogen-bond acceptors (Lipinski definition) is 13. The van der Waals surface area contributed by atoms with Crippen molar-refractivity contribution in [1.29, 1.82) is 0 Å². The van der Waals surface area contributed by atoms with Crippen molar-refractivity contribution >= 4 is 5.91 Å². The zero-order valence-electron chi connectivity index (χ0n) is 41.0. The van der Waals surface area contributed by atoms with Crippen LogP contribution in [-0.2, 0) is 23.7 Å².